The van der Waals surface area contributed by atoms with Gasteiger partial charge in [0.25, 0.3) is 0 Å². The second kappa shape index (κ2) is 19.7. The summed E-state index contributed by atoms with van der Waals surface area (Å²) < 4.78 is 15.6. The van der Waals surface area contributed by atoms with E-state index >= 15 is 0 Å². The van der Waals surface area contributed by atoms with E-state index in [0.717, 1.165) is 77.0 Å². The molecule has 0 heterocycles. The molecule has 29 heavy (non-hydrogen) atoms. The van der Waals surface area contributed by atoms with Gasteiger partial charge in [0.15, 0.2) is 5.92 Å². The minimum atomic E-state index is -1.24. The molecule has 0 atom stereocenters. The van der Waals surface area contributed by atoms with Crippen molar-refractivity contribution >= 4 is 17.9 Å². The van der Waals surface area contributed by atoms with Gasteiger partial charge in [-0.15, -0.1) is 0 Å². The number of hydrogen-bond acceptors (Lipinski definition) is 6. The van der Waals surface area contributed by atoms with Crippen molar-refractivity contribution in [1.29, 1.82) is 0 Å². The molecule has 0 aromatic heterocycles. The van der Waals surface area contributed by atoms with Crippen molar-refractivity contribution in [3.05, 3.63) is 0 Å². The summed E-state index contributed by atoms with van der Waals surface area (Å²) in [4.78, 5) is 36.8. The molecule has 0 amide bonds. The van der Waals surface area contributed by atoms with Gasteiger partial charge in [-0.05, 0) is 19.3 Å². The average molecular weight is 415 g/mol. The maximum absolute atomic E-state index is 12.4. The largest absolute Gasteiger partial charge is 0.466 e. The van der Waals surface area contributed by atoms with Crippen LogP contribution in [-0.4, -0.2) is 37.7 Å². The summed E-state index contributed by atoms with van der Waals surface area (Å²) in [6.45, 7) is 7.14. The van der Waals surface area contributed by atoms with Crippen LogP contribution >= 0.6 is 0 Å². The normalized spacial score (nSPS) is 10.8. The van der Waals surface area contributed by atoms with E-state index in [2.05, 4.69) is 20.8 Å². The van der Waals surface area contributed by atoms with Crippen LogP contribution in [0.3, 0.4) is 0 Å². The Morgan fingerprint density at radius 3 is 1.31 bits per heavy atom. The highest BCUT2D eigenvalue weighted by molar-refractivity contribution is 5.98. The van der Waals surface area contributed by atoms with E-state index in [0.29, 0.717) is 6.61 Å². The predicted molar refractivity (Wildman–Crippen MR) is 113 cm³/mol. The second-order valence-electron chi connectivity index (χ2n) is 7.49. The molecule has 6 nitrogen and oxygen atoms in total. The van der Waals surface area contributed by atoms with Crippen molar-refractivity contribution < 1.29 is 28.6 Å². The molecule has 0 rings (SSSR count). The minimum Gasteiger partial charge on any atom is -0.466 e. The third kappa shape index (κ3) is 16.0. The lowest BCUT2D eigenvalue weighted by Crippen LogP contribution is -2.31. The molecule has 6 heteroatoms. The minimum absolute atomic E-state index is 0.255. The Balaban J connectivity index is 4.50. The van der Waals surface area contributed by atoms with Crippen molar-refractivity contribution in [2.24, 2.45) is 5.92 Å². The van der Waals surface area contributed by atoms with Crippen LogP contribution in [0.2, 0.25) is 0 Å². The lowest BCUT2D eigenvalue weighted by atomic mass is 10.1. The summed E-state index contributed by atoms with van der Waals surface area (Å²) in [6.07, 6.45) is 11.4. The van der Waals surface area contributed by atoms with E-state index in [9.17, 15) is 14.4 Å². The van der Waals surface area contributed by atoms with E-state index in [-0.39, 0.29) is 19.6 Å². The van der Waals surface area contributed by atoms with Gasteiger partial charge in [0.1, 0.15) is 0 Å². The van der Waals surface area contributed by atoms with Crippen LogP contribution in [0, 0.1) is 5.92 Å². The summed E-state index contributed by atoms with van der Waals surface area (Å²) in [5.74, 6) is -3.18. The molecule has 0 aliphatic carbocycles. The zero-order valence-electron chi connectivity index (χ0n) is 18.8. The standard InChI is InChI=1S/C23H42O6/c1-4-7-10-13-16-27-21(24)19-20(22(25)28-17-14-11-8-5-2)23(26)29-18-15-12-9-6-3/h20H,4-19H2,1-3H3. The summed E-state index contributed by atoms with van der Waals surface area (Å²) >= 11 is 0. The topological polar surface area (TPSA) is 78.9 Å². The number of unbranched alkanes of at least 4 members (excludes halogenated alkanes) is 9. The lowest BCUT2D eigenvalue weighted by Gasteiger charge is -2.15. The summed E-state index contributed by atoms with van der Waals surface area (Å²) in [5, 5.41) is 0. The molecule has 0 fully saturated rings. The molecule has 0 bridgehead atoms. The van der Waals surface area contributed by atoms with Crippen molar-refractivity contribution in [3.8, 4) is 0 Å². The van der Waals surface area contributed by atoms with Crippen LogP contribution < -0.4 is 0 Å². The number of carbonyl (C=O) groups excluding carboxylic acids is 3. The quantitative estimate of drug-likeness (QED) is 0.122. The Bertz CT molecular complexity index is 409. The molecule has 0 saturated heterocycles. The van der Waals surface area contributed by atoms with Gasteiger partial charge in [-0.2, -0.15) is 0 Å². The van der Waals surface area contributed by atoms with Gasteiger partial charge in [0, 0.05) is 0 Å². The third-order valence-electron chi connectivity index (χ3n) is 4.69. The van der Waals surface area contributed by atoms with Gasteiger partial charge in [-0.3, -0.25) is 14.4 Å². The van der Waals surface area contributed by atoms with Crippen molar-refractivity contribution in [1.82, 2.24) is 0 Å². The maximum Gasteiger partial charge on any atom is 0.320 e. The molecular weight excluding hydrogens is 372 g/mol. The first-order valence-electron chi connectivity index (χ1n) is 11.6. The maximum atomic E-state index is 12.4. The average Bonchev–Trinajstić information content (AvgIpc) is 2.71. The van der Waals surface area contributed by atoms with Crippen LogP contribution in [0.25, 0.3) is 0 Å². The monoisotopic (exact) mass is 414 g/mol. The number of hydrogen-bond donors (Lipinski definition) is 0. The molecule has 0 aromatic carbocycles. The highest BCUT2D eigenvalue weighted by atomic mass is 16.6. The van der Waals surface area contributed by atoms with Gasteiger partial charge in [0.2, 0.25) is 0 Å². The van der Waals surface area contributed by atoms with Crippen LogP contribution in [0.15, 0.2) is 0 Å². The van der Waals surface area contributed by atoms with Crippen LogP contribution in [-0.2, 0) is 28.6 Å². The van der Waals surface area contributed by atoms with E-state index in [1.165, 1.54) is 0 Å². The van der Waals surface area contributed by atoms with Crippen molar-refractivity contribution in [2.45, 2.75) is 104 Å². The van der Waals surface area contributed by atoms with Crippen molar-refractivity contribution in [3.63, 3.8) is 0 Å². The second-order valence-corrected chi connectivity index (χ2v) is 7.49. The van der Waals surface area contributed by atoms with E-state index in [4.69, 9.17) is 14.2 Å². The van der Waals surface area contributed by atoms with Crippen LogP contribution in [0.4, 0.5) is 0 Å². The zero-order valence-corrected chi connectivity index (χ0v) is 18.8. The Morgan fingerprint density at radius 1 is 0.552 bits per heavy atom. The molecule has 170 valence electrons. The smallest absolute Gasteiger partial charge is 0.320 e. The van der Waals surface area contributed by atoms with Crippen LogP contribution in [0.1, 0.15) is 104 Å². The molecule has 0 spiro atoms. The Hall–Kier alpha value is -1.59. The van der Waals surface area contributed by atoms with E-state index in [1.807, 2.05) is 0 Å². The zero-order chi connectivity index (χ0) is 21.7. The van der Waals surface area contributed by atoms with Gasteiger partial charge in [0.05, 0.1) is 26.2 Å². The first kappa shape index (κ1) is 27.4. The summed E-state index contributed by atoms with van der Waals surface area (Å²) in [7, 11) is 0. The predicted octanol–water partition coefficient (Wildman–Crippen LogP) is 5.36. The fraction of sp³-hybridized carbons (Fsp3) is 0.870. The number of ether oxygens (including phenoxy) is 3. The number of carbonyl (C=O) groups is 3. The molecule has 0 N–H and O–H groups in total. The molecule has 0 unspecified atom stereocenters. The molecule has 0 saturated carbocycles. The number of rotatable bonds is 19. The molecule has 0 aliphatic rings. The molecule has 0 radical (unpaired) electrons. The fourth-order valence-corrected chi connectivity index (χ4v) is 2.81. The summed E-state index contributed by atoms with van der Waals surface area (Å²) in [6, 6.07) is 0. The van der Waals surface area contributed by atoms with Crippen LogP contribution in [0.5, 0.6) is 0 Å². The van der Waals surface area contributed by atoms with E-state index in [1.54, 1.807) is 0 Å². The Labute approximate surface area is 177 Å². The molecule has 0 aromatic rings. The number of esters is 3. The third-order valence-corrected chi connectivity index (χ3v) is 4.69. The summed E-state index contributed by atoms with van der Waals surface area (Å²) in [5.41, 5.74) is 0. The molecule has 0 aliphatic heterocycles. The lowest BCUT2D eigenvalue weighted by molar-refractivity contribution is -0.167. The first-order valence-corrected chi connectivity index (χ1v) is 11.6. The first-order chi connectivity index (χ1) is 14.1. The SMILES string of the molecule is CCCCCCOC(=O)CC(C(=O)OCCCCCC)C(=O)OCCCCCC. The highest BCUT2D eigenvalue weighted by Crippen LogP contribution is 2.13. The van der Waals surface area contributed by atoms with Gasteiger partial charge in [-0.25, -0.2) is 0 Å². The van der Waals surface area contributed by atoms with Gasteiger partial charge < -0.3 is 14.2 Å². The Morgan fingerprint density at radius 2 is 0.931 bits per heavy atom. The Kier molecular flexibility index (Phi) is 18.6. The van der Waals surface area contributed by atoms with Gasteiger partial charge >= 0.3 is 17.9 Å². The fourth-order valence-electron chi connectivity index (χ4n) is 2.81. The highest BCUT2D eigenvalue weighted by Gasteiger charge is 2.33. The van der Waals surface area contributed by atoms with Gasteiger partial charge in [-0.1, -0.05) is 78.6 Å². The van der Waals surface area contributed by atoms with Crippen molar-refractivity contribution in [2.75, 3.05) is 19.8 Å². The molecular formula is C23H42O6. The van der Waals surface area contributed by atoms with E-state index < -0.39 is 23.8 Å².